The van der Waals surface area contributed by atoms with Crippen molar-refractivity contribution in [3.8, 4) is 5.75 Å². The summed E-state index contributed by atoms with van der Waals surface area (Å²) in [6.07, 6.45) is 0. The van der Waals surface area contributed by atoms with Gasteiger partial charge in [0.2, 0.25) is 5.75 Å². The standard InChI is InChI=1S/C11H12Br2FNO3/c1-11(2,5-12)6-18-10-8(13)3-7(14)4-9(10)15(16)17/h3-4H,5-6H2,1-2H3. The van der Waals surface area contributed by atoms with Gasteiger partial charge in [-0.1, -0.05) is 29.8 Å². The highest BCUT2D eigenvalue weighted by atomic mass is 79.9. The lowest BCUT2D eigenvalue weighted by Gasteiger charge is -2.22. The number of hydrogen-bond donors (Lipinski definition) is 0. The van der Waals surface area contributed by atoms with Crippen LogP contribution in [0.4, 0.5) is 10.1 Å². The lowest BCUT2D eigenvalue weighted by atomic mass is 9.98. The van der Waals surface area contributed by atoms with Crippen molar-refractivity contribution in [3.63, 3.8) is 0 Å². The Morgan fingerprint density at radius 3 is 2.61 bits per heavy atom. The van der Waals surface area contributed by atoms with Gasteiger partial charge in [0.15, 0.2) is 0 Å². The fourth-order valence-electron chi connectivity index (χ4n) is 1.13. The molecule has 0 fully saturated rings. The van der Waals surface area contributed by atoms with E-state index in [4.69, 9.17) is 4.74 Å². The highest BCUT2D eigenvalue weighted by molar-refractivity contribution is 9.10. The van der Waals surface area contributed by atoms with E-state index in [1.54, 1.807) is 0 Å². The molecular weight excluding hydrogens is 373 g/mol. The second-order valence-electron chi connectivity index (χ2n) is 4.58. The number of nitro benzene ring substituents is 1. The molecule has 0 aliphatic rings. The summed E-state index contributed by atoms with van der Waals surface area (Å²) in [6, 6.07) is 1.99. The van der Waals surface area contributed by atoms with Crippen molar-refractivity contribution in [2.24, 2.45) is 5.41 Å². The van der Waals surface area contributed by atoms with Gasteiger partial charge in [-0.3, -0.25) is 10.1 Å². The van der Waals surface area contributed by atoms with Crippen molar-refractivity contribution in [2.75, 3.05) is 11.9 Å². The molecule has 0 atom stereocenters. The molecule has 0 N–H and O–H groups in total. The van der Waals surface area contributed by atoms with E-state index in [0.717, 1.165) is 12.1 Å². The molecular formula is C11H12Br2FNO3. The monoisotopic (exact) mass is 383 g/mol. The van der Waals surface area contributed by atoms with E-state index in [-0.39, 0.29) is 27.9 Å². The minimum absolute atomic E-state index is 0.0513. The van der Waals surface area contributed by atoms with Gasteiger partial charge in [-0.15, -0.1) is 0 Å². The maximum Gasteiger partial charge on any atom is 0.315 e. The quantitative estimate of drug-likeness (QED) is 0.432. The average Bonchev–Trinajstić information content (AvgIpc) is 2.26. The largest absolute Gasteiger partial charge is 0.485 e. The van der Waals surface area contributed by atoms with E-state index in [2.05, 4.69) is 31.9 Å². The fraction of sp³-hybridized carbons (Fsp3) is 0.455. The van der Waals surface area contributed by atoms with Crippen LogP contribution in [-0.4, -0.2) is 16.9 Å². The Labute approximate surface area is 121 Å². The molecule has 0 amide bonds. The van der Waals surface area contributed by atoms with Crippen molar-refractivity contribution >= 4 is 37.5 Å². The molecule has 1 aromatic rings. The molecule has 0 spiro atoms. The topological polar surface area (TPSA) is 52.4 Å². The number of halogens is 3. The third-order valence-electron chi connectivity index (χ3n) is 2.15. The Morgan fingerprint density at radius 2 is 2.11 bits per heavy atom. The minimum Gasteiger partial charge on any atom is -0.485 e. The molecule has 7 heteroatoms. The molecule has 18 heavy (non-hydrogen) atoms. The summed E-state index contributed by atoms with van der Waals surface area (Å²) in [5.74, 6) is -0.629. The number of ether oxygens (including phenoxy) is 1. The molecule has 0 heterocycles. The van der Waals surface area contributed by atoms with Gasteiger partial charge in [-0.2, -0.15) is 0 Å². The molecule has 0 saturated carbocycles. The number of rotatable bonds is 5. The van der Waals surface area contributed by atoms with Crippen molar-refractivity contribution in [3.05, 3.63) is 32.5 Å². The zero-order valence-electron chi connectivity index (χ0n) is 9.87. The second-order valence-corrected chi connectivity index (χ2v) is 5.99. The first-order valence-corrected chi connectivity index (χ1v) is 7.00. The van der Waals surface area contributed by atoms with Gasteiger partial charge in [0, 0.05) is 10.7 Å². The Kier molecular flexibility index (Phi) is 5.10. The molecule has 0 aromatic heterocycles. The fourth-order valence-corrected chi connectivity index (χ4v) is 1.83. The number of nitrogens with zero attached hydrogens (tertiary/aromatic N) is 1. The van der Waals surface area contributed by atoms with Gasteiger partial charge in [0.1, 0.15) is 5.82 Å². The summed E-state index contributed by atoms with van der Waals surface area (Å²) in [6.45, 7) is 4.18. The molecule has 100 valence electrons. The molecule has 0 aliphatic carbocycles. The van der Waals surface area contributed by atoms with Crippen molar-refractivity contribution in [2.45, 2.75) is 13.8 Å². The van der Waals surface area contributed by atoms with Crippen LogP contribution in [0.15, 0.2) is 16.6 Å². The lowest BCUT2D eigenvalue weighted by Crippen LogP contribution is -2.23. The average molecular weight is 385 g/mol. The van der Waals surface area contributed by atoms with E-state index in [9.17, 15) is 14.5 Å². The number of nitro groups is 1. The van der Waals surface area contributed by atoms with Crippen LogP contribution >= 0.6 is 31.9 Å². The van der Waals surface area contributed by atoms with Gasteiger partial charge in [-0.05, 0) is 22.0 Å². The maximum absolute atomic E-state index is 13.1. The number of benzene rings is 1. The molecule has 0 saturated heterocycles. The molecule has 0 radical (unpaired) electrons. The zero-order chi connectivity index (χ0) is 13.9. The summed E-state index contributed by atoms with van der Waals surface area (Å²) in [7, 11) is 0. The third-order valence-corrected chi connectivity index (χ3v) is 4.26. The summed E-state index contributed by atoms with van der Waals surface area (Å²) in [5, 5.41) is 11.5. The first-order valence-electron chi connectivity index (χ1n) is 5.09. The van der Waals surface area contributed by atoms with Crippen LogP contribution in [0.2, 0.25) is 0 Å². The van der Waals surface area contributed by atoms with E-state index in [0.29, 0.717) is 5.33 Å². The maximum atomic E-state index is 13.1. The van der Waals surface area contributed by atoms with Gasteiger partial charge in [-0.25, -0.2) is 4.39 Å². The van der Waals surface area contributed by atoms with E-state index >= 15 is 0 Å². The predicted octanol–water partition coefficient (Wildman–Crippen LogP) is 4.30. The predicted molar refractivity (Wildman–Crippen MR) is 73.8 cm³/mol. The number of alkyl halides is 1. The van der Waals surface area contributed by atoms with Crippen LogP contribution in [0.5, 0.6) is 5.75 Å². The van der Waals surface area contributed by atoms with Crippen LogP contribution in [-0.2, 0) is 0 Å². The SMILES string of the molecule is CC(C)(CBr)COc1c(Br)cc(F)cc1[N+](=O)[O-]. The Morgan fingerprint density at radius 1 is 1.50 bits per heavy atom. The molecule has 0 unspecified atom stereocenters. The first kappa shape index (κ1) is 15.4. The van der Waals surface area contributed by atoms with Crippen LogP contribution in [0, 0.1) is 21.3 Å². The van der Waals surface area contributed by atoms with E-state index < -0.39 is 10.7 Å². The third kappa shape index (κ3) is 3.91. The summed E-state index contributed by atoms with van der Waals surface area (Å²) in [4.78, 5) is 10.2. The zero-order valence-corrected chi connectivity index (χ0v) is 13.0. The van der Waals surface area contributed by atoms with Gasteiger partial charge < -0.3 is 4.74 Å². The van der Waals surface area contributed by atoms with Crippen molar-refractivity contribution < 1.29 is 14.1 Å². The summed E-state index contributed by atoms with van der Waals surface area (Å²) >= 11 is 6.41. The van der Waals surface area contributed by atoms with Crippen LogP contribution in [0.1, 0.15) is 13.8 Å². The minimum atomic E-state index is -0.680. The van der Waals surface area contributed by atoms with Gasteiger partial charge >= 0.3 is 5.69 Å². The summed E-state index contributed by atoms with van der Waals surface area (Å²) in [5.41, 5.74) is -0.561. The van der Waals surface area contributed by atoms with Crippen LogP contribution < -0.4 is 4.74 Å². The lowest BCUT2D eigenvalue weighted by molar-refractivity contribution is -0.386. The van der Waals surface area contributed by atoms with Gasteiger partial charge in [0.25, 0.3) is 0 Å². The highest BCUT2D eigenvalue weighted by Crippen LogP contribution is 2.37. The van der Waals surface area contributed by atoms with Gasteiger partial charge in [0.05, 0.1) is 22.1 Å². The Balaban J connectivity index is 3.04. The number of hydrogen-bond acceptors (Lipinski definition) is 3. The Hall–Kier alpha value is -0.690. The summed E-state index contributed by atoms with van der Waals surface area (Å²) < 4.78 is 18.8. The smallest absolute Gasteiger partial charge is 0.315 e. The second kappa shape index (κ2) is 5.97. The molecule has 4 nitrogen and oxygen atoms in total. The highest BCUT2D eigenvalue weighted by Gasteiger charge is 2.24. The van der Waals surface area contributed by atoms with Crippen LogP contribution in [0.3, 0.4) is 0 Å². The molecule has 0 aliphatic heterocycles. The first-order chi connectivity index (χ1) is 8.26. The van der Waals surface area contributed by atoms with E-state index in [1.165, 1.54) is 0 Å². The van der Waals surface area contributed by atoms with Crippen LogP contribution in [0.25, 0.3) is 0 Å². The molecule has 0 bridgehead atoms. The van der Waals surface area contributed by atoms with Crippen molar-refractivity contribution in [1.82, 2.24) is 0 Å². The van der Waals surface area contributed by atoms with Crippen molar-refractivity contribution in [1.29, 1.82) is 0 Å². The normalized spacial score (nSPS) is 11.4. The van der Waals surface area contributed by atoms with E-state index in [1.807, 2.05) is 13.8 Å². The Bertz CT molecular complexity index is 466. The molecule has 1 rings (SSSR count). The molecule has 1 aromatic carbocycles.